The van der Waals surface area contributed by atoms with Crippen LogP contribution in [0.3, 0.4) is 0 Å². The van der Waals surface area contributed by atoms with E-state index >= 15 is 0 Å². The second kappa shape index (κ2) is 5.74. The van der Waals surface area contributed by atoms with Crippen LogP contribution >= 0.6 is 23.2 Å². The zero-order valence-electron chi connectivity index (χ0n) is 10.3. The van der Waals surface area contributed by atoms with E-state index in [4.69, 9.17) is 23.2 Å². The van der Waals surface area contributed by atoms with Gasteiger partial charge in [0.05, 0.1) is 10.0 Å². The van der Waals surface area contributed by atoms with Crippen LogP contribution in [0.2, 0.25) is 10.0 Å². The van der Waals surface area contributed by atoms with Gasteiger partial charge in [-0.3, -0.25) is 4.79 Å². The normalized spacial score (nSPS) is 11.4. The fourth-order valence-corrected chi connectivity index (χ4v) is 1.91. The van der Waals surface area contributed by atoms with Crippen molar-refractivity contribution >= 4 is 34.8 Å². The molecule has 0 aromatic heterocycles. The van der Waals surface area contributed by atoms with Gasteiger partial charge in [-0.25, -0.2) is 0 Å². The van der Waals surface area contributed by atoms with Gasteiger partial charge in [-0.15, -0.1) is 0 Å². The molecule has 94 valence electrons. The van der Waals surface area contributed by atoms with E-state index in [1.54, 1.807) is 18.2 Å². The fraction of sp³-hybridized carbons (Fsp3) is 0.462. The van der Waals surface area contributed by atoms with Crippen molar-refractivity contribution in [3.63, 3.8) is 0 Å². The largest absolute Gasteiger partial charge is 0.326 e. The van der Waals surface area contributed by atoms with Crippen LogP contribution in [0.1, 0.15) is 33.6 Å². The zero-order chi connectivity index (χ0) is 13.1. The van der Waals surface area contributed by atoms with Crippen molar-refractivity contribution in [2.24, 2.45) is 5.41 Å². The summed E-state index contributed by atoms with van der Waals surface area (Å²) in [5.74, 6) is -0.00209. The number of hydrogen-bond donors (Lipinski definition) is 1. The minimum Gasteiger partial charge on any atom is -0.326 e. The quantitative estimate of drug-likeness (QED) is 0.842. The molecule has 0 unspecified atom stereocenters. The van der Waals surface area contributed by atoms with E-state index in [2.05, 4.69) is 12.2 Å². The molecular weight excluding hydrogens is 257 g/mol. The van der Waals surface area contributed by atoms with Crippen LogP contribution in [-0.4, -0.2) is 5.91 Å². The molecule has 4 heteroatoms. The molecule has 0 spiro atoms. The van der Waals surface area contributed by atoms with Gasteiger partial charge in [0.2, 0.25) is 5.91 Å². The van der Waals surface area contributed by atoms with Crippen LogP contribution in [0, 0.1) is 5.41 Å². The van der Waals surface area contributed by atoms with Crippen molar-refractivity contribution in [2.45, 2.75) is 33.6 Å². The summed E-state index contributed by atoms with van der Waals surface area (Å²) in [5, 5.41) is 3.78. The lowest BCUT2D eigenvalue weighted by Gasteiger charge is -2.22. The summed E-state index contributed by atoms with van der Waals surface area (Å²) in [6, 6.07) is 5.07. The lowest BCUT2D eigenvalue weighted by Crippen LogP contribution is -2.30. The SMILES string of the molecule is CCCC(C)(C)C(=O)Nc1ccc(Cl)c(Cl)c1. The van der Waals surface area contributed by atoms with Crippen LogP contribution in [-0.2, 0) is 4.79 Å². The highest BCUT2D eigenvalue weighted by molar-refractivity contribution is 6.42. The molecule has 1 N–H and O–H groups in total. The molecule has 0 saturated carbocycles. The molecule has 1 amide bonds. The first kappa shape index (κ1) is 14.3. The summed E-state index contributed by atoms with van der Waals surface area (Å²) >= 11 is 11.7. The fourth-order valence-electron chi connectivity index (χ4n) is 1.61. The van der Waals surface area contributed by atoms with Crippen molar-refractivity contribution in [1.82, 2.24) is 0 Å². The summed E-state index contributed by atoms with van der Waals surface area (Å²) in [6.45, 7) is 5.93. The molecule has 0 saturated heterocycles. The van der Waals surface area contributed by atoms with E-state index in [9.17, 15) is 4.79 Å². The van der Waals surface area contributed by atoms with Crippen LogP contribution in [0.5, 0.6) is 0 Å². The minimum atomic E-state index is -0.374. The lowest BCUT2D eigenvalue weighted by atomic mass is 9.87. The lowest BCUT2D eigenvalue weighted by molar-refractivity contribution is -0.124. The minimum absolute atomic E-state index is 0.00209. The number of anilines is 1. The van der Waals surface area contributed by atoms with Gasteiger partial charge in [0, 0.05) is 11.1 Å². The second-order valence-electron chi connectivity index (χ2n) is 4.72. The van der Waals surface area contributed by atoms with Crippen LogP contribution in [0.25, 0.3) is 0 Å². The zero-order valence-corrected chi connectivity index (χ0v) is 11.8. The van der Waals surface area contributed by atoms with Crippen molar-refractivity contribution in [2.75, 3.05) is 5.32 Å². The van der Waals surface area contributed by atoms with Crippen molar-refractivity contribution in [3.05, 3.63) is 28.2 Å². The molecule has 0 heterocycles. The Morgan fingerprint density at radius 3 is 2.47 bits per heavy atom. The van der Waals surface area contributed by atoms with Crippen LogP contribution in [0.4, 0.5) is 5.69 Å². The van der Waals surface area contributed by atoms with E-state index < -0.39 is 0 Å². The molecule has 0 aliphatic rings. The Labute approximate surface area is 112 Å². The monoisotopic (exact) mass is 273 g/mol. The first-order valence-corrected chi connectivity index (χ1v) is 6.39. The number of nitrogens with one attached hydrogen (secondary N) is 1. The molecule has 17 heavy (non-hydrogen) atoms. The van der Waals surface area contributed by atoms with Crippen molar-refractivity contribution in [1.29, 1.82) is 0 Å². The number of amides is 1. The highest BCUT2D eigenvalue weighted by atomic mass is 35.5. The summed E-state index contributed by atoms with van der Waals surface area (Å²) < 4.78 is 0. The molecule has 1 aromatic carbocycles. The second-order valence-corrected chi connectivity index (χ2v) is 5.53. The number of benzene rings is 1. The smallest absolute Gasteiger partial charge is 0.230 e. The Morgan fingerprint density at radius 2 is 1.94 bits per heavy atom. The van der Waals surface area contributed by atoms with E-state index in [1.165, 1.54) is 0 Å². The number of carbonyl (C=O) groups is 1. The Balaban J connectivity index is 2.77. The van der Waals surface area contributed by atoms with Gasteiger partial charge in [-0.1, -0.05) is 50.4 Å². The van der Waals surface area contributed by atoms with Crippen molar-refractivity contribution in [3.8, 4) is 0 Å². The molecular formula is C13H17Cl2NO. The van der Waals surface area contributed by atoms with Gasteiger partial charge >= 0.3 is 0 Å². The molecule has 0 aliphatic heterocycles. The van der Waals surface area contributed by atoms with E-state index in [1.807, 2.05) is 13.8 Å². The summed E-state index contributed by atoms with van der Waals surface area (Å²) in [7, 11) is 0. The third-order valence-electron chi connectivity index (χ3n) is 2.67. The summed E-state index contributed by atoms with van der Waals surface area (Å²) in [5.41, 5.74) is 0.300. The molecule has 1 aromatic rings. The summed E-state index contributed by atoms with van der Waals surface area (Å²) in [6.07, 6.45) is 1.82. The maximum atomic E-state index is 12.0. The maximum absolute atomic E-state index is 12.0. The Bertz CT molecular complexity index is 416. The van der Waals surface area contributed by atoms with E-state index in [-0.39, 0.29) is 11.3 Å². The third kappa shape index (κ3) is 3.90. The molecule has 0 fully saturated rings. The highest BCUT2D eigenvalue weighted by Gasteiger charge is 2.26. The first-order chi connectivity index (χ1) is 7.86. The number of carbonyl (C=O) groups excluding carboxylic acids is 1. The van der Waals surface area contributed by atoms with E-state index in [0.717, 1.165) is 12.8 Å². The molecule has 0 atom stereocenters. The average Bonchev–Trinajstić information content (AvgIpc) is 2.23. The van der Waals surface area contributed by atoms with Crippen molar-refractivity contribution < 1.29 is 4.79 Å². The Kier molecular flexibility index (Phi) is 4.84. The van der Waals surface area contributed by atoms with Gasteiger partial charge < -0.3 is 5.32 Å². The standard InChI is InChI=1S/C13H17Cl2NO/c1-4-7-13(2,3)12(17)16-9-5-6-10(14)11(15)8-9/h5-6,8H,4,7H2,1-3H3,(H,16,17). The first-order valence-electron chi connectivity index (χ1n) is 5.63. The molecule has 0 aliphatic carbocycles. The predicted molar refractivity (Wildman–Crippen MR) is 73.8 cm³/mol. The van der Waals surface area contributed by atoms with Gasteiger partial charge in [0.15, 0.2) is 0 Å². The maximum Gasteiger partial charge on any atom is 0.230 e. The molecule has 2 nitrogen and oxygen atoms in total. The van der Waals surface area contributed by atoms with Gasteiger partial charge in [0.25, 0.3) is 0 Å². The Morgan fingerprint density at radius 1 is 1.29 bits per heavy atom. The van der Waals surface area contributed by atoms with Crippen LogP contribution < -0.4 is 5.32 Å². The van der Waals surface area contributed by atoms with Gasteiger partial charge in [-0.2, -0.15) is 0 Å². The Hall–Kier alpha value is -0.730. The van der Waals surface area contributed by atoms with E-state index in [0.29, 0.717) is 15.7 Å². The third-order valence-corrected chi connectivity index (χ3v) is 3.41. The molecule has 0 bridgehead atoms. The number of halogens is 2. The summed E-state index contributed by atoms with van der Waals surface area (Å²) in [4.78, 5) is 12.0. The van der Waals surface area contributed by atoms with Gasteiger partial charge in [-0.05, 0) is 24.6 Å². The molecule has 0 radical (unpaired) electrons. The number of hydrogen-bond acceptors (Lipinski definition) is 1. The number of rotatable bonds is 4. The van der Waals surface area contributed by atoms with Gasteiger partial charge in [0.1, 0.15) is 0 Å². The van der Waals surface area contributed by atoms with Crippen LogP contribution in [0.15, 0.2) is 18.2 Å². The highest BCUT2D eigenvalue weighted by Crippen LogP contribution is 2.28. The average molecular weight is 274 g/mol. The molecule has 1 rings (SSSR count). The topological polar surface area (TPSA) is 29.1 Å². The predicted octanol–water partition coefficient (Wildman–Crippen LogP) is 4.76.